The molecule has 0 unspecified atom stereocenters. The van der Waals surface area contributed by atoms with Crippen molar-refractivity contribution in [1.29, 1.82) is 0 Å². The normalized spacial score (nSPS) is 13.3. The Morgan fingerprint density at radius 2 is 1.79 bits per heavy atom. The predicted molar refractivity (Wildman–Crippen MR) is 97.3 cm³/mol. The number of ether oxygens (including phenoxy) is 3. The first-order valence-electron chi connectivity index (χ1n) is 8.02. The van der Waals surface area contributed by atoms with Crippen LogP contribution in [0.3, 0.4) is 0 Å². The van der Waals surface area contributed by atoms with Gasteiger partial charge in [-0.05, 0) is 29.8 Å². The fraction of sp³-hybridized carbons (Fsp3) is 0.611. The summed E-state index contributed by atoms with van der Waals surface area (Å²) in [7, 11) is 2.53. The van der Waals surface area contributed by atoms with E-state index in [1.807, 2.05) is 18.2 Å². The monoisotopic (exact) mass is 354 g/mol. The van der Waals surface area contributed by atoms with Gasteiger partial charge in [0.15, 0.2) is 6.10 Å². The highest BCUT2D eigenvalue weighted by Crippen LogP contribution is 2.38. The standard InChI is InChI=1S/C18H30O5Si/c1-18(2,3)24(7,8)23-14-10-9-13(15(12-14)20-4)11-16(21-5)17(19)22-6/h9-10,12,16H,11H2,1-8H3/t16-/m0/s1. The summed E-state index contributed by atoms with van der Waals surface area (Å²) in [5, 5.41) is 0.116. The summed E-state index contributed by atoms with van der Waals surface area (Å²) in [6, 6.07) is 5.71. The zero-order valence-electron chi connectivity index (χ0n) is 16.1. The van der Waals surface area contributed by atoms with Gasteiger partial charge in [-0.1, -0.05) is 26.8 Å². The summed E-state index contributed by atoms with van der Waals surface area (Å²) in [5.41, 5.74) is 0.873. The number of methoxy groups -OCH3 is 3. The molecule has 0 saturated heterocycles. The minimum Gasteiger partial charge on any atom is -0.543 e. The number of rotatable bonds is 7. The van der Waals surface area contributed by atoms with Crippen molar-refractivity contribution in [1.82, 2.24) is 0 Å². The minimum atomic E-state index is -1.92. The van der Waals surface area contributed by atoms with Gasteiger partial charge in [-0.25, -0.2) is 4.79 Å². The maximum absolute atomic E-state index is 11.7. The molecule has 0 fully saturated rings. The molecular weight excluding hydrogens is 324 g/mol. The lowest BCUT2D eigenvalue weighted by molar-refractivity contribution is -0.152. The average molecular weight is 355 g/mol. The lowest BCUT2D eigenvalue weighted by Crippen LogP contribution is -2.43. The molecule has 0 N–H and O–H groups in total. The molecule has 6 heteroatoms. The third-order valence-electron chi connectivity index (χ3n) is 4.59. The van der Waals surface area contributed by atoms with E-state index in [1.165, 1.54) is 14.2 Å². The smallest absolute Gasteiger partial charge is 0.335 e. The summed E-state index contributed by atoms with van der Waals surface area (Å²) >= 11 is 0. The SMILES string of the molecule is COC(=O)[C@H](Cc1ccc(O[Si](C)(C)C(C)(C)C)cc1OC)OC. The molecule has 0 spiro atoms. The number of hydrogen-bond donors (Lipinski definition) is 0. The van der Waals surface area contributed by atoms with Crippen LogP contribution in [0.25, 0.3) is 0 Å². The van der Waals surface area contributed by atoms with Crippen molar-refractivity contribution < 1.29 is 23.4 Å². The van der Waals surface area contributed by atoms with Crippen LogP contribution in [0.2, 0.25) is 18.1 Å². The second-order valence-electron chi connectivity index (χ2n) is 7.29. The maximum atomic E-state index is 11.7. The molecule has 0 bridgehead atoms. The van der Waals surface area contributed by atoms with Crippen molar-refractivity contribution in [2.45, 2.75) is 51.4 Å². The summed E-state index contributed by atoms with van der Waals surface area (Å²) < 4.78 is 21.7. The Morgan fingerprint density at radius 1 is 1.17 bits per heavy atom. The molecule has 24 heavy (non-hydrogen) atoms. The minimum absolute atomic E-state index is 0.116. The molecule has 0 aromatic heterocycles. The largest absolute Gasteiger partial charge is 0.543 e. The van der Waals surface area contributed by atoms with Gasteiger partial charge in [0.1, 0.15) is 11.5 Å². The van der Waals surface area contributed by atoms with Gasteiger partial charge in [-0.3, -0.25) is 0 Å². The highest BCUT2D eigenvalue weighted by Gasteiger charge is 2.39. The van der Waals surface area contributed by atoms with Gasteiger partial charge in [0.25, 0.3) is 0 Å². The Balaban J connectivity index is 3.03. The van der Waals surface area contributed by atoms with E-state index in [2.05, 4.69) is 33.9 Å². The summed E-state index contributed by atoms with van der Waals surface area (Å²) in [5.74, 6) is 1.06. The topological polar surface area (TPSA) is 54.0 Å². The molecule has 0 radical (unpaired) electrons. The molecule has 5 nitrogen and oxygen atoms in total. The van der Waals surface area contributed by atoms with Gasteiger partial charge in [0.2, 0.25) is 8.32 Å². The summed E-state index contributed by atoms with van der Waals surface area (Å²) in [6.45, 7) is 11.0. The van der Waals surface area contributed by atoms with E-state index in [0.717, 1.165) is 11.3 Å². The van der Waals surface area contributed by atoms with E-state index < -0.39 is 20.4 Å². The van der Waals surface area contributed by atoms with Crippen molar-refractivity contribution in [3.05, 3.63) is 23.8 Å². The molecule has 0 aliphatic heterocycles. The fourth-order valence-electron chi connectivity index (χ4n) is 2.00. The zero-order valence-corrected chi connectivity index (χ0v) is 17.1. The van der Waals surface area contributed by atoms with Crippen molar-refractivity contribution in [3.8, 4) is 11.5 Å². The molecule has 0 saturated carbocycles. The van der Waals surface area contributed by atoms with Crippen molar-refractivity contribution in [3.63, 3.8) is 0 Å². The Morgan fingerprint density at radius 3 is 2.25 bits per heavy atom. The van der Waals surface area contributed by atoms with Gasteiger partial charge in [0.05, 0.1) is 14.2 Å². The molecule has 1 aromatic carbocycles. The van der Waals surface area contributed by atoms with Crippen LogP contribution in [-0.4, -0.2) is 41.7 Å². The van der Waals surface area contributed by atoms with Crippen LogP contribution in [0.15, 0.2) is 18.2 Å². The fourth-order valence-corrected chi connectivity index (χ4v) is 3.02. The number of hydrogen-bond acceptors (Lipinski definition) is 5. The zero-order chi connectivity index (χ0) is 18.5. The van der Waals surface area contributed by atoms with Crippen LogP contribution in [0, 0.1) is 0 Å². The van der Waals surface area contributed by atoms with Crippen LogP contribution in [-0.2, 0) is 20.7 Å². The van der Waals surface area contributed by atoms with Crippen LogP contribution >= 0.6 is 0 Å². The highest BCUT2D eigenvalue weighted by atomic mass is 28.4. The third-order valence-corrected chi connectivity index (χ3v) is 8.95. The Bertz CT molecular complexity index is 563. The molecule has 0 heterocycles. The molecule has 0 aliphatic carbocycles. The molecular formula is C18H30O5Si. The van der Waals surface area contributed by atoms with E-state index in [4.69, 9.17) is 18.6 Å². The van der Waals surface area contributed by atoms with Gasteiger partial charge in [0, 0.05) is 19.6 Å². The van der Waals surface area contributed by atoms with Gasteiger partial charge in [-0.2, -0.15) is 0 Å². The van der Waals surface area contributed by atoms with E-state index in [1.54, 1.807) is 7.11 Å². The second kappa shape index (κ2) is 8.03. The first-order valence-corrected chi connectivity index (χ1v) is 10.9. The lowest BCUT2D eigenvalue weighted by atomic mass is 10.1. The number of carbonyl (C=O) groups is 1. The third kappa shape index (κ3) is 4.98. The maximum Gasteiger partial charge on any atom is 0.335 e. The summed E-state index contributed by atoms with van der Waals surface area (Å²) in [4.78, 5) is 11.7. The van der Waals surface area contributed by atoms with E-state index in [9.17, 15) is 4.79 Å². The van der Waals surface area contributed by atoms with Gasteiger partial charge in [-0.15, -0.1) is 0 Å². The van der Waals surface area contributed by atoms with Crippen LogP contribution < -0.4 is 9.16 Å². The Labute approximate surface area is 146 Å². The summed E-state index contributed by atoms with van der Waals surface area (Å²) in [6.07, 6.45) is -0.275. The molecule has 0 amide bonds. The predicted octanol–water partition coefficient (Wildman–Crippen LogP) is 3.81. The highest BCUT2D eigenvalue weighted by molar-refractivity contribution is 6.74. The first kappa shape index (κ1) is 20.5. The number of esters is 1. The quantitative estimate of drug-likeness (QED) is 0.550. The molecule has 136 valence electrons. The number of benzene rings is 1. The van der Waals surface area contributed by atoms with Gasteiger partial charge >= 0.3 is 5.97 Å². The second-order valence-corrected chi connectivity index (χ2v) is 12.0. The average Bonchev–Trinajstić information content (AvgIpc) is 2.51. The van der Waals surface area contributed by atoms with Gasteiger partial charge < -0.3 is 18.6 Å². The van der Waals surface area contributed by atoms with Crippen LogP contribution in [0.1, 0.15) is 26.3 Å². The van der Waals surface area contributed by atoms with E-state index >= 15 is 0 Å². The molecule has 1 aromatic rings. The lowest BCUT2D eigenvalue weighted by Gasteiger charge is -2.36. The van der Waals surface area contributed by atoms with Crippen molar-refractivity contribution >= 4 is 14.3 Å². The van der Waals surface area contributed by atoms with Crippen molar-refractivity contribution in [2.24, 2.45) is 0 Å². The number of carbonyl (C=O) groups excluding carboxylic acids is 1. The Hall–Kier alpha value is -1.53. The Kier molecular flexibility index (Phi) is 6.86. The molecule has 0 aliphatic rings. The van der Waals surface area contributed by atoms with Crippen LogP contribution in [0.4, 0.5) is 0 Å². The van der Waals surface area contributed by atoms with E-state index in [-0.39, 0.29) is 5.04 Å². The first-order chi connectivity index (χ1) is 11.1. The van der Waals surface area contributed by atoms with E-state index in [0.29, 0.717) is 12.2 Å². The van der Waals surface area contributed by atoms with Crippen molar-refractivity contribution in [2.75, 3.05) is 21.3 Å². The molecule has 1 atom stereocenters. The molecule has 1 rings (SSSR count). The van der Waals surface area contributed by atoms with Crippen LogP contribution in [0.5, 0.6) is 11.5 Å².